The molecule has 6 nitrogen and oxygen atoms in total. The zero-order valence-corrected chi connectivity index (χ0v) is 11.8. The zero-order valence-electron chi connectivity index (χ0n) is 11.8. The highest BCUT2D eigenvalue weighted by atomic mass is 16.5. The van der Waals surface area contributed by atoms with Crippen LogP contribution in [0.3, 0.4) is 0 Å². The van der Waals surface area contributed by atoms with Crippen LogP contribution < -0.4 is 15.2 Å². The average Bonchev–Trinajstić information content (AvgIpc) is 2.44. The van der Waals surface area contributed by atoms with Gasteiger partial charge in [0.2, 0.25) is 0 Å². The summed E-state index contributed by atoms with van der Waals surface area (Å²) in [5.74, 6) is -0.363. The van der Waals surface area contributed by atoms with Crippen molar-refractivity contribution in [2.45, 2.75) is 26.4 Å². The Morgan fingerprint density at radius 1 is 1.30 bits per heavy atom. The quantitative estimate of drug-likeness (QED) is 0.765. The summed E-state index contributed by atoms with van der Waals surface area (Å²) in [5.41, 5.74) is 5.30. The van der Waals surface area contributed by atoms with Crippen LogP contribution in [0.4, 0.5) is 0 Å². The molecule has 0 radical (unpaired) electrons. The van der Waals surface area contributed by atoms with Gasteiger partial charge in [0.15, 0.2) is 17.6 Å². The van der Waals surface area contributed by atoms with Gasteiger partial charge in [0.25, 0.3) is 5.91 Å². The Kier molecular flexibility index (Phi) is 5.83. The Morgan fingerprint density at radius 2 is 2.00 bits per heavy atom. The number of nitrogens with two attached hydrogens (primary N) is 1. The second-order valence-electron chi connectivity index (χ2n) is 4.16. The van der Waals surface area contributed by atoms with Crippen LogP contribution in [0.15, 0.2) is 18.2 Å². The van der Waals surface area contributed by atoms with E-state index in [4.69, 9.17) is 19.9 Å². The molecule has 1 aromatic carbocycles. The van der Waals surface area contributed by atoms with Crippen molar-refractivity contribution in [3.05, 3.63) is 23.8 Å². The van der Waals surface area contributed by atoms with Crippen molar-refractivity contribution in [1.82, 2.24) is 0 Å². The van der Waals surface area contributed by atoms with Gasteiger partial charge in [-0.3, -0.25) is 4.79 Å². The summed E-state index contributed by atoms with van der Waals surface area (Å²) in [6.45, 7) is 3.96. The molecule has 0 heterocycles. The second kappa shape index (κ2) is 7.37. The fourth-order valence-corrected chi connectivity index (χ4v) is 1.41. The van der Waals surface area contributed by atoms with E-state index in [0.717, 1.165) is 6.42 Å². The third-order valence-corrected chi connectivity index (χ3v) is 2.55. The third kappa shape index (κ3) is 4.15. The minimum absolute atomic E-state index is 0.263. The first-order valence-corrected chi connectivity index (χ1v) is 6.30. The molecule has 0 unspecified atom stereocenters. The number of benzene rings is 1. The molecule has 0 aliphatic carbocycles. The van der Waals surface area contributed by atoms with Gasteiger partial charge >= 0.3 is 5.97 Å². The first-order valence-electron chi connectivity index (χ1n) is 6.30. The van der Waals surface area contributed by atoms with E-state index in [1.807, 2.05) is 6.92 Å². The molecular formula is C14H19NO5. The van der Waals surface area contributed by atoms with E-state index in [-0.39, 0.29) is 5.56 Å². The van der Waals surface area contributed by atoms with E-state index >= 15 is 0 Å². The topological polar surface area (TPSA) is 87.9 Å². The molecule has 1 atom stereocenters. The van der Waals surface area contributed by atoms with Gasteiger partial charge in [0, 0.05) is 0 Å². The fraction of sp³-hybridized carbons (Fsp3) is 0.429. The van der Waals surface area contributed by atoms with E-state index < -0.39 is 18.0 Å². The summed E-state index contributed by atoms with van der Waals surface area (Å²) in [7, 11) is 1.48. The first-order chi connectivity index (χ1) is 9.49. The molecule has 0 fully saturated rings. The van der Waals surface area contributed by atoms with Crippen LogP contribution in [0.25, 0.3) is 0 Å². The number of carbonyl (C=O) groups is 2. The molecule has 0 aromatic heterocycles. The molecule has 0 spiro atoms. The largest absolute Gasteiger partial charge is 0.493 e. The van der Waals surface area contributed by atoms with Crippen molar-refractivity contribution >= 4 is 11.9 Å². The van der Waals surface area contributed by atoms with Gasteiger partial charge in [-0.25, -0.2) is 4.79 Å². The van der Waals surface area contributed by atoms with Crippen molar-refractivity contribution in [2.75, 3.05) is 13.7 Å². The van der Waals surface area contributed by atoms with Gasteiger partial charge in [-0.2, -0.15) is 0 Å². The number of esters is 1. The summed E-state index contributed by atoms with van der Waals surface area (Å²) >= 11 is 0. The van der Waals surface area contributed by atoms with Crippen molar-refractivity contribution in [1.29, 1.82) is 0 Å². The van der Waals surface area contributed by atoms with Crippen LogP contribution in [-0.4, -0.2) is 31.7 Å². The molecule has 1 amide bonds. The molecule has 0 bridgehead atoms. The fourth-order valence-electron chi connectivity index (χ4n) is 1.41. The predicted octanol–water partition coefficient (Wildman–Crippen LogP) is 1.51. The Morgan fingerprint density at radius 3 is 2.55 bits per heavy atom. The highest BCUT2D eigenvalue weighted by molar-refractivity contribution is 5.92. The van der Waals surface area contributed by atoms with Crippen molar-refractivity contribution in [3.63, 3.8) is 0 Å². The zero-order chi connectivity index (χ0) is 15.1. The lowest BCUT2D eigenvalue weighted by molar-refractivity contribution is -0.125. The molecule has 6 heteroatoms. The number of amides is 1. The lowest BCUT2D eigenvalue weighted by Crippen LogP contribution is -2.30. The van der Waals surface area contributed by atoms with Crippen molar-refractivity contribution < 1.29 is 23.8 Å². The molecule has 0 aliphatic rings. The number of methoxy groups -OCH3 is 1. The summed E-state index contributed by atoms with van der Waals surface area (Å²) in [6, 6.07) is 4.67. The summed E-state index contributed by atoms with van der Waals surface area (Å²) in [5, 5.41) is 0. The maximum Gasteiger partial charge on any atom is 0.339 e. The molecule has 2 N–H and O–H groups in total. The minimum Gasteiger partial charge on any atom is -0.493 e. The van der Waals surface area contributed by atoms with Gasteiger partial charge < -0.3 is 19.9 Å². The molecule has 1 aromatic rings. The molecular weight excluding hydrogens is 262 g/mol. The van der Waals surface area contributed by atoms with Gasteiger partial charge in [0.05, 0.1) is 19.3 Å². The monoisotopic (exact) mass is 281 g/mol. The standard InChI is InChI=1S/C14H19NO5/c1-4-7-19-11-6-5-10(8-12(11)18-3)14(17)20-9(2)13(15)16/h5-6,8-9H,4,7H2,1-3H3,(H2,15,16)/t9-/m0/s1. The van der Waals surface area contributed by atoms with Crippen molar-refractivity contribution in [3.8, 4) is 11.5 Å². The molecule has 110 valence electrons. The number of primary amides is 1. The van der Waals surface area contributed by atoms with Crippen LogP contribution in [0.5, 0.6) is 11.5 Å². The third-order valence-electron chi connectivity index (χ3n) is 2.55. The number of hydrogen-bond acceptors (Lipinski definition) is 5. The lowest BCUT2D eigenvalue weighted by atomic mass is 10.2. The first kappa shape index (κ1) is 15.8. The number of hydrogen-bond donors (Lipinski definition) is 1. The number of rotatable bonds is 7. The molecule has 0 saturated heterocycles. The van der Waals surface area contributed by atoms with Crippen LogP contribution in [-0.2, 0) is 9.53 Å². The van der Waals surface area contributed by atoms with Crippen LogP contribution in [0, 0.1) is 0 Å². The Hall–Kier alpha value is -2.24. The smallest absolute Gasteiger partial charge is 0.339 e. The van der Waals surface area contributed by atoms with Crippen LogP contribution in [0.1, 0.15) is 30.6 Å². The van der Waals surface area contributed by atoms with Gasteiger partial charge in [-0.15, -0.1) is 0 Å². The van der Waals surface area contributed by atoms with Crippen LogP contribution in [0.2, 0.25) is 0 Å². The van der Waals surface area contributed by atoms with Crippen molar-refractivity contribution in [2.24, 2.45) is 5.73 Å². The van der Waals surface area contributed by atoms with Gasteiger partial charge in [0.1, 0.15) is 0 Å². The highest BCUT2D eigenvalue weighted by Crippen LogP contribution is 2.28. The summed E-state index contributed by atoms with van der Waals surface area (Å²) in [6.07, 6.45) is -0.118. The van der Waals surface area contributed by atoms with E-state index in [0.29, 0.717) is 18.1 Å². The highest BCUT2D eigenvalue weighted by Gasteiger charge is 2.17. The normalized spacial score (nSPS) is 11.6. The molecule has 20 heavy (non-hydrogen) atoms. The average molecular weight is 281 g/mol. The minimum atomic E-state index is -0.982. The van der Waals surface area contributed by atoms with Gasteiger partial charge in [-0.1, -0.05) is 6.92 Å². The van der Waals surface area contributed by atoms with E-state index in [2.05, 4.69) is 0 Å². The molecule has 0 aliphatic heterocycles. The molecule has 0 saturated carbocycles. The Bertz CT molecular complexity index is 486. The maximum absolute atomic E-state index is 11.8. The Balaban J connectivity index is 2.86. The number of carbonyl (C=O) groups excluding carboxylic acids is 2. The van der Waals surface area contributed by atoms with E-state index in [1.54, 1.807) is 12.1 Å². The predicted molar refractivity (Wildman–Crippen MR) is 72.9 cm³/mol. The Labute approximate surface area is 117 Å². The SMILES string of the molecule is CCCOc1ccc(C(=O)O[C@@H](C)C(N)=O)cc1OC. The van der Waals surface area contributed by atoms with E-state index in [9.17, 15) is 9.59 Å². The molecule has 1 rings (SSSR count). The maximum atomic E-state index is 11.8. The van der Waals surface area contributed by atoms with Gasteiger partial charge in [-0.05, 0) is 31.5 Å². The van der Waals surface area contributed by atoms with Crippen LogP contribution >= 0.6 is 0 Å². The summed E-state index contributed by atoms with van der Waals surface area (Å²) in [4.78, 5) is 22.7. The lowest BCUT2D eigenvalue weighted by Gasteiger charge is -2.13. The number of ether oxygens (including phenoxy) is 3. The summed E-state index contributed by atoms with van der Waals surface area (Å²) < 4.78 is 15.5. The second-order valence-corrected chi connectivity index (χ2v) is 4.16. The van der Waals surface area contributed by atoms with E-state index in [1.165, 1.54) is 20.1 Å².